The average Bonchev–Trinajstić information content (AvgIpc) is 3.25. The lowest BCUT2D eigenvalue weighted by Crippen LogP contribution is -2.06. The summed E-state index contributed by atoms with van der Waals surface area (Å²) in [6.07, 6.45) is 7.77. The van der Waals surface area contributed by atoms with Crippen LogP contribution in [-0.2, 0) is 22.4 Å². The van der Waals surface area contributed by atoms with Crippen LogP contribution >= 0.6 is 0 Å². The third-order valence-electron chi connectivity index (χ3n) is 6.19. The Hall–Kier alpha value is -3.77. The molecule has 35 heavy (non-hydrogen) atoms. The second-order valence-corrected chi connectivity index (χ2v) is 8.85. The number of hydrogen-bond acceptors (Lipinski definition) is 3. The first kappa shape index (κ1) is 24.4. The van der Waals surface area contributed by atoms with Crippen molar-refractivity contribution in [2.24, 2.45) is 0 Å². The first-order valence-corrected chi connectivity index (χ1v) is 12.5. The highest BCUT2D eigenvalue weighted by Gasteiger charge is 2.18. The molecule has 3 aromatic carbocycles. The van der Waals surface area contributed by atoms with E-state index in [1.54, 1.807) is 0 Å². The number of ether oxygens (including phenoxy) is 2. The van der Waals surface area contributed by atoms with Crippen LogP contribution in [0.15, 0.2) is 73.3 Å². The molecule has 0 aliphatic heterocycles. The van der Waals surface area contributed by atoms with Gasteiger partial charge in [-0.1, -0.05) is 62.5 Å². The molecule has 3 heteroatoms. The van der Waals surface area contributed by atoms with Gasteiger partial charge in [0.15, 0.2) is 0 Å². The van der Waals surface area contributed by atoms with Crippen molar-refractivity contribution in [1.29, 1.82) is 0 Å². The van der Waals surface area contributed by atoms with Crippen molar-refractivity contribution in [1.82, 2.24) is 0 Å². The number of benzene rings is 3. The second-order valence-electron chi connectivity index (χ2n) is 8.85. The zero-order chi connectivity index (χ0) is 24.5. The lowest BCUT2D eigenvalue weighted by Gasteiger charge is -2.06. The maximum absolute atomic E-state index is 11.0. The van der Waals surface area contributed by atoms with Crippen LogP contribution in [0.2, 0.25) is 0 Å². The summed E-state index contributed by atoms with van der Waals surface area (Å²) in [5.74, 6) is 6.94. The third-order valence-corrected chi connectivity index (χ3v) is 6.19. The lowest BCUT2D eigenvalue weighted by molar-refractivity contribution is -0.137. The average molecular weight is 465 g/mol. The lowest BCUT2D eigenvalue weighted by atomic mass is 10.00. The van der Waals surface area contributed by atoms with E-state index in [9.17, 15) is 4.79 Å². The van der Waals surface area contributed by atoms with E-state index < -0.39 is 5.97 Å². The number of rotatable bonds is 10. The molecule has 0 unspecified atom stereocenters. The standard InChI is InChI=1S/C32H32O3/c1-3-5-6-8-25-13-17-30-27(21-25)23-28-22-26(14-18-31(28)30)10-9-24-11-15-29(16-12-24)34-19-7-20-35-32(33)4-2/h4,11-18,21-22H,2-3,5-8,19-20,23H2,1H3. The minimum absolute atomic E-state index is 0.320. The van der Waals surface area contributed by atoms with Crippen molar-refractivity contribution in [3.05, 3.63) is 101 Å². The van der Waals surface area contributed by atoms with Gasteiger partial charge in [0, 0.05) is 23.6 Å². The van der Waals surface area contributed by atoms with E-state index in [1.807, 2.05) is 24.3 Å². The Morgan fingerprint density at radius 3 is 2.37 bits per heavy atom. The molecule has 0 saturated carbocycles. The van der Waals surface area contributed by atoms with E-state index >= 15 is 0 Å². The number of hydrogen-bond donors (Lipinski definition) is 0. The van der Waals surface area contributed by atoms with Gasteiger partial charge in [0.2, 0.25) is 0 Å². The first-order valence-electron chi connectivity index (χ1n) is 12.5. The van der Waals surface area contributed by atoms with E-state index in [4.69, 9.17) is 9.47 Å². The summed E-state index contributed by atoms with van der Waals surface area (Å²) in [7, 11) is 0. The molecule has 0 bridgehead atoms. The molecule has 0 radical (unpaired) electrons. The van der Waals surface area contributed by atoms with Crippen molar-refractivity contribution >= 4 is 5.97 Å². The fraction of sp³-hybridized carbons (Fsp3) is 0.281. The van der Waals surface area contributed by atoms with Crippen LogP contribution in [0.3, 0.4) is 0 Å². The summed E-state index contributed by atoms with van der Waals surface area (Å²) in [6.45, 7) is 6.42. The molecule has 1 aliphatic rings. The van der Waals surface area contributed by atoms with Crippen LogP contribution in [0.25, 0.3) is 11.1 Å². The van der Waals surface area contributed by atoms with E-state index in [1.165, 1.54) is 53.5 Å². The second kappa shape index (κ2) is 12.1. The van der Waals surface area contributed by atoms with Crippen LogP contribution < -0.4 is 4.74 Å². The monoisotopic (exact) mass is 464 g/mol. The molecule has 178 valence electrons. The van der Waals surface area contributed by atoms with Crippen LogP contribution in [0, 0.1) is 11.8 Å². The minimum Gasteiger partial charge on any atom is -0.493 e. The summed E-state index contributed by atoms with van der Waals surface area (Å²) >= 11 is 0. The van der Waals surface area contributed by atoms with Crippen molar-refractivity contribution in [2.75, 3.05) is 13.2 Å². The summed E-state index contributed by atoms with van der Waals surface area (Å²) < 4.78 is 10.6. The smallest absolute Gasteiger partial charge is 0.330 e. The largest absolute Gasteiger partial charge is 0.493 e. The minimum atomic E-state index is -0.409. The molecule has 0 amide bonds. The van der Waals surface area contributed by atoms with Crippen molar-refractivity contribution in [3.63, 3.8) is 0 Å². The Morgan fingerprint density at radius 2 is 1.60 bits per heavy atom. The molecule has 0 fully saturated rings. The molecule has 0 N–H and O–H groups in total. The highest BCUT2D eigenvalue weighted by molar-refractivity contribution is 5.81. The van der Waals surface area contributed by atoms with Gasteiger partial charge in [-0.25, -0.2) is 4.79 Å². The first-order chi connectivity index (χ1) is 17.2. The van der Waals surface area contributed by atoms with Crippen LogP contribution in [0.4, 0.5) is 0 Å². The topological polar surface area (TPSA) is 35.5 Å². The van der Waals surface area contributed by atoms with Crippen LogP contribution in [-0.4, -0.2) is 19.2 Å². The van der Waals surface area contributed by atoms with E-state index in [0.29, 0.717) is 19.6 Å². The van der Waals surface area contributed by atoms with E-state index in [2.05, 4.69) is 61.7 Å². The Bertz CT molecular complexity index is 1240. The fourth-order valence-corrected chi connectivity index (χ4v) is 4.34. The molecule has 0 spiro atoms. The Balaban J connectivity index is 1.33. The zero-order valence-electron chi connectivity index (χ0n) is 20.4. The van der Waals surface area contributed by atoms with Gasteiger partial charge in [-0.15, -0.1) is 0 Å². The molecule has 0 heterocycles. The maximum atomic E-state index is 11.0. The van der Waals surface area contributed by atoms with Crippen molar-refractivity contribution in [3.8, 4) is 28.7 Å². The Morgan fingerprint density at radius 1 is 0.886 bits per heavy atom. The van der Waals surface area contributed by atoms with Crippen molar-refractivity contribution in [2.45, 2.75) is 45.4 Å². The van der Waals surface area contributed by atoms with E-state index in [-0.39, 0.29) is 0 Å². The molecule has 0 saturated heterocycles. The number of unbranched alkanes of at least 4 members (excludes halogenated alkanes) is 2. The number of esters is 1. The maximum Gasteiger partial charge on any atom is 0.330 e. The predicted molar refractivity (Wildman–Crippen MR) is 142 cm³/mol. The number of carbonyl (C=O) groups excluding carboxylic acids is 1. The molecule has 3 aromatic rings. The molecule has 1 aliphatic carbocycles. The normalized spacial score (nSPS) is 11.1. The number of aryl methyl sites for hydroxylation is 1. The molecule has 0 atom stereocenters. The van der Waals surface area contributed by atoms with E-state index in [0.717, 1.165) is 29.4 Å². The quantitative estimate of drug-likeness (QED) is 0.111. The highest BCUT2D eigenvalue weighted by atomic mass is 16.5. The zero-order valence-corrected chi connectivity index (χ0v) is 20.4. The molecular weight excluding hydrogens is 432 g/mol. The highest BCUT2D eigenvalue weighted by Crippen LogP contribution is 2.37. The van der Waals surface area contributed by atoms with Crippen molar-refractivity contribution < 1.29 is 14.3 Å². The number of carbonyl (C=O) groups is 1. The third kappa shape index (κ3) is 6.64. The molecule has 4 rings (SSSR count). The van der Waals surface area contributed by atoms with Gasteiger partial charge in [-0.05, 0) is 83.5 Å². The summed E-state index contributed by atoms with van der Waals surface area (Å²) in [4.78, 5) is 11.0. The van der Waals surface area contributed by atoms with Gasteiger partial charge in [-0.3, -0.25) is 0 Å². The Kier molecular flexibility index (Phi) is 8.41. The predicted octanol–water partition coefficient (Wildman–Crippen LogP) is 6.89. The van der Waals surface area contributed by atoms with Gasteiger partial charge < -0.3 is 9.47 Å². The van der Waals surface area contributed by atoms with Crippen LogP contribution in [0.5, 0.6) is 5.75 Å². The summed E-state index contributed by atoms with van der Waals surface area (Å²) in [5.41, 5.74) is 8.94. The summed E-state index contributed by atoms with van der Waals surface area (Å²) in [6, 6.07) is 21.3. The SMILES string of the molecule is C=CC(=O)OCCCOc1ccc(C#Cc2ccc3c(c2)Cc2cc(CCCCC)ccc2-3)cc1. The van der Waals surface area contributed by atoms with Gasteiger partial charge in [0.05, 0.1) is 13.2 Å². The molecule has 0 aromatic heterocycles. The molecule has 3 nitrogen and oxygen atoms in total. The van der Waals surface area contributed by atoms with Gasteiger partial charge in [0.25, 0.3) is 0 Å². The van der Waals surface area contributed by atoms with Crippen LogP contribution in [0.1, 0.15) is 60.4 Å². The Labute approximate surface area is 208 Å². The van der Waals surface area contributed by atoms with Gasteiger partial charge in [0.1, 0.15) is 5.75 Å². The van der Waals surface area contributed by atoms with Gasteiger partial charge in [-0.2, -0.15) is 0 Å². The number of fused-ring (bicyclic) bond motifs is 3. The fourth-order valence-electron chi connectivity index (χ4n) is 4.34. The summed E-state index contributed by atoms with van der Waals surface area (Å²) in [5, 5.41) is 0. The van der Waals surface area contributed by atoms with Gasteiger partial charge >= 0.3 is 5.97 Å². The molecular formula is C32H32O3.